The SMILES string of the molecule is COCC(C)N(C)CC(C)C(=O)c1ccc(F)cn1. The van der Waals surface area contributed by atoms with Gasteiger partial charge in [-0.15, -0.1) is 0 Å². The molecule has 0 spiro atoms. The molecule has 0 saturated carbocycles. The Kier molecular flexibility index (Phi) is 6.05. The summed E-state index contributed by atoms with van der Waals surface area (Å²) in [4.78, 5) is 18.0. The third kappa shape index (κ3) is 4.69. The van der Waals surface area contributed by atoms with E-state index in [-0.39, 0.29) is 17.7 Å². The molecule has 1 aromatic heterocycles. The Morgan fingerprint density at radius 2 is 2.16 bits per heavy atom. The molecule has 106 valence electrons. The van der Waals surface area contributed by atoms with Crippen molar-refractivity contribution in [3.8, 4) is 0 Å². The van der Waals surface area contributed by atoms with Gasteiger partial charge in [-0.3, -0.25) is 9.78 Å². The Morgan fingerprint density at radius 3 is 2.68 bits per heavy atom. The van der Waals surface area contributed by atoms with E-state index < -0.39 is 5.82 Å². The lowest BCUT2D eigenvalue weighted by Crippen LogP contribution is -2.37. The largest absolute Gasteiger partial charge is 0.383 e. The van der Waals surface area contributed by atoms with Crippen molar-refractivity contribution in [2.75, 3.05) is 27.3 Å². The van der Waals surface area contributed by atoms with Crippen molar-refractivity contribution in [2.24, 2.45) is 5.92 Å². The van der Waals surface area contributed by atoms with Crippen molar-refractivity contribution in [3.05, 3.63) is 29.8 Å². The average Bonchev–Trinajstić information content (AvgIpc) is 2.38. The van der Waals surface area contributed by atoms with E-state index in [0.717, 1.165) is 6.20 Å². The summed E-state index contributed by atoms with van der Waals surface area (Å²) in [6.45, 7) is 5.12. The van der Waals surface area contributed by atoms with E-state index >= 15 is 0 Å². The summed E-state index contributed by atoms with van der Waals surface area (Å²) in [5.41, 5.74) is 0.307. The van der Waals surface area contributed by atoms with Crippen molar-refractivity contribution >= 4 is 5.78 Å². The van der Waals surface area contributed by atoms with Crippen LogP contribution in [0, 0.1) is 11.7 Å². The number of methoxy groups -OCH3 is 1. The first kappa shape index (κ1) is 15.7. The van der Waals surface area contributed by atoms with Gasteiger partial charge >= 0.3 is 0 Å². The second-order valence-corrected chi connectivity index (χ2v) is 4.87. The number of aromatic nitrogens is 1. The normalized spacial score (nSPS) is 14.4. The predicted octanol–water partition coefficient (Wildman–Crippen LogP) is 2.01. The topological polar surface area (TPSA) is 42.4 Å². The molecule has 0 aromatic carbocycles. The van der Waals surface area contributed by atoms with Gasteiger partial charge in [0.15, 0.2) is 5.78 Å². The highest BCUT2D eigenvalue weighted by Crippen LogP contribution is 2.10. The van der Waals surface area contributed by atoms with Gasteiger partial charge in [0.1, 0.15) is 11.5 Å². The number of hydrogen-bond acceptors (Lipinski definition) is 4. The van der Waals surface area contributed by atoms with Crippen LogP contribution >= 0.6 is 0 Å². The molecule has 1 aromatic rings. The van der Waals surface area contributed by atoms with Crippen LogP contribution in [0.3, 0.4) is 0 Å². The van der Waals surface area contributed by atoms with Gasteiger partial charge in [0.25, 0.3) is 0 Å². The lowest BCUT2D eigenvalue weighted by atomic mass is 10.0. The molecule has 0 aliphatic carbocycles. The highest BCUT2D eigenvalue weighted by atomic mass is 19.1. The standard InChI is InChI=1S/C14H21FN2O2/c1-10(8-17(3)11(2)9-19-4)14(18)13-6-5-12(15)7-16-13/h5-7,10-11H,8-9H2,1-4H3. The molecule has 19 heavy (non-hydrogen) atoms. The average molecular weight is 268 g/mol. The Bertz CT molecular complexity index is 408. The number of rotatable bonds is 7. The first-order valence-corrected chi connectivity index (χ1v) is 6.30. The highest BCUT2D eigenvalue weighted by Gasteiger charge is 2.20. The van der Waals surface area contributed by atoms with Gasteiger partial charge in [-0.05, 0) is 26.1 Å². The first-order chi connectivity index (χ1) is 8.95. The summed E-state index contributed by atoms with van der Waals surface area (Å²) >= 11 is 0. The monoisotopic (exact) mass is 268 g/mol. The van der Waals surface area contributed by atoms with Crippen LogP contribution in [0.5, 0.6) is 0 Å². The minimum atomic E-state index is -0.435. The van der Waals surface area contributed by atoms with E-state index in [1.807, 2.05) is 20.9 Å². The fourth-order valence-electron chi connectivity index (χ4n) is 1.84. The van der Waals surface area contributed by atoms with Gasteiger partial charge in [-0.25, -0.2) is 4.39 Å². The lowest BCUT2D eigenvalue weighted by Gasteiger charge is -2.26. The van der Waals surface area contributed by atoms with Gasteiger partial charge in [0.05, 0.1) is 12.8 Å². The van der Waals surface area contributed by atoms with Crippen LogP contribution in [0.2, 0.25) is 0 Å². The molecule has 2 unspecified atom stereocenters. The Hall–Kier alpha value is -1.33. The second-order valence-electron chi connectivity index (χ2n) is 4.87. The summed E-state index contributed by atoms with van der Waals surface area (Å²) in [7, 11) is 3.60. The molecule has 0 fully saturated rings. The van der Waals surface area contributed by atoms with Crippen molar-refractivity contribution in [1.82, 2.24) is 9.88 Å². The summed E-state index contributed by atoms with van der Waals surface area (Å²) in [6.07, 6.45) is 1.07. The molecule has 5 heteroatoms. The molecular formula is C14H21FN2O2. The molecule has 2 atom stereocenters. The number of hydrogen-bond donors (Lipinski definition) is 0. The fraction of sp³-hybridized carbons (Fsp3) is 0.571. The van der Waals surface area contributed by atoms with E-state index in [1.54, 1.807) is 7.11 Å². The molecule has 0 aliphatic heterocycles. The zero-order valence-corrected chi connectivity index (χ0v) is 11.9. The van der Waals surface area contributed by atoms with Crippen LogP contribution in [0.4, 0.5) is 4.39 Å². The van der Waals surface area contributed by atoms with Gasteiger partial charge in [-0.1, -0.05) is 6.92 Å². The van der Waals surface area contributed by atoms with Crippen LogP contribution in [0.25, 0.3) is 0 Å². The van der Waals surface area contributed by atoms with E-state index in [0.29, 0.717) is 18.8 Å². The third-order valence-electron chi connectivity index (χ3n) is 3.15. The number of pyridine rings is 1. The number of carbonyl (C=O) groups excluding carboxylic acids is 1. The number of halogens is 1. The molecule has 0 aliphatic rings. The zero-order valence-electron chi connectivity index (χ0n) is 11.9. The minimum absolute atomic E-state index is 0.0727. The number of Topliss-reactive ketones (excluding diaryl/α,β-unsaturated/α-hetero) is 1. The fourth-order valence-corrected chi connectivity index (χ4v) is 1.84. The number of likely N-dealkylation sites (N-methyl/N-ethyl adjacent to an activating group) is 1. The maximum atomic E-state index is 12.8. The van der Waals surface area contributed by atoms with Crippen LogP contribution in [-0.2, 0) is 4.74 Å². The number of nitrogens with zero attached hydrogens (tertiary/aromatic N) is 2. The van der Waals surface area contributed by atoms with Crippen molar-refractivity contribution in [3.63, 3.8) is 0 Å². The minimum Gasteiger partial charge on any atom is -0.383 e. The van der Waals surface area contributed by atoms with Crippen LogP contribution in [0.1, 0.15) is 24.3 Å². The molecule has 0 amide bonds. The third-order valence-corrected chi connectivity index (χ3v) is 3.15. The van der Waals surface area contributed by atoms with E-state index in [4.69, 9.17) is 4.74 Å². The van der Waals surface area contributed by atoms with Crippen molar-refractivity contribution in [1.29, 1.82) is 0 Å². The number of carbonyl (C=O) groups is 1. The van der Waals surface area contributed by atoms with Gasteiger partial charge in [0, 0.05) is 25.6 Å². The van der Waals surface area contributed by atoms with E-state index in [2.05, 4.69) is 9.88 Å². The zero-order chi connectivity index (χ0) is 14.4. The van der Waals surface area contributed by atoms with Crippen molar-refractivity contribution in [2.45, 2.75) is 19.9 Å². The molecule has 0 N–H and O–H groups in total. The maximum Gasteiger partial charge on any atom is 0.185 e. The molecular weight excluding hydrogens is 247 g/mol. The molecule has 0 saturated heterocycles. The second kappa shape index (κ2) is 7.31. The van der Waals surface area contributed by atoms with Crippen molar-refractivity contribution < 1.29 is 13.9 Å². The Labute approximate surface area is 113 Å². The molecule has 0 radical (unpaired) electrons. The van der Waals surface area contributed by atoms with Gasteiger partial charge in [-0.2, -0.15) is 0 Å². The number of ketones is 1. The summed E-state index contributed by atoms with van der Waals surface area (Å²) in [5, 5.41) is 0. The van der Waals surface area contributed by atoms with Gasteiger partial charge in [0.2, 0.25) is 0 Å². The lowest BCUT2D eigenvalue weighted by molar-refractivity contribution is 0.0818. The van der Waals surface area contributed by atoms with Crippen LogP contribution in [-0.4, -0.2) is 49.0 Å². The maximum absolute atomic E-state index is 12.8. The van der Waals surface area contributed by atoms with Crippen LogP contribution in [0.15, 0.2) is 18.3 Å². The van der Waals surface area contributed by atoms with E-state index in [9.17, 15) is 9.18 Å². The Balaban J connectivity index is 2.60. The van der Waals surface area contributed by atoms with E-state index in [1.165, 1.54) is 12.1 Å². The number of ether oxygens (including phenoxy) is 1. The molecule has 1 heterocycles. The Morgan fingerprint density at radius 1 is 1.47 bits per heavy atom. The summed E-state index contributed by atoms with van der Waals surface area (Å²) in [5.74, 6) is -0.700. The highest BCUT2D eigenvalue weighted by molar-refractivity contribution is 5.95. The summed E-state index contributed by atoms with van der Waals surface area (Å²) in [6, 6.07) is 2.91. The molecule has 1 rings (SSSR count). The molecule has 0 bridgehead atoms. The summed E-state index contributed by atoms with van der Waals surface area (Å²) < 4.78 is 17.8. The van der Waals surface area contributed by atoms with Crippen LogP contribution < -0.4 is 0 Å². The predicted molar refractivity (Wildman–Crippen MR) is 71.7 cm³/mol. The van der Waals surface area contributed by atoms with Gasteiger partial charge < -0.3 is 9.64 Å². The molecule has 4 nitrogen and oxygen atoms in total. The quantitative estimate of drug-likeness (QED) is 0.709. The smallest absolute Gasteiger partial charge is 0.185 e. The first-order valence-electron chi connectivity index (χ1n) is 6.30.